The Hall–Kier alpha value is -1.07. The molecule has 0 saturated heterocycles. The predicted molar refractivity (Wildman–Crippen MR) is 55.5 cm³/mol. The summed E-state index contributed by atoms with van der Waals surface area (Å²) in [5, 5.41) is 8.40. The summed E-state index contributed by atoms with van der Waals surface area (Å²) in [6.45, 7) is -1.32. The van der Waals surface area contributed by atoms with Gasteiger partial charge in [0.1, 0.15) is 6.61 Å². The minimum atomic E-state index is -3.41. The van der Waals surface area contributed by atoms with Gasteiger partial charge in [-0.15, -0.1) is 0 Å². The molecule has 3 nitrogen and oxygen atoms in total. The molecular weight excluding hydrogens is 242 g/mol. The topological polar surface area (TPSA) is 38.7 Å². The molecule has 0 aliphatic heterocycles. The van der Waals surface area contributed by atoms with Crippen LogP contribution in [0.4, 0.5) is 8.78 Å². The molecule has 0 fully saturated rings. The Kier molecular flexibility index (Phi) is 3.93. The summed E-state index contributed by atoms with van der Waals surface area (Å²) >= 11 is 5.67. The number of alkyl halides is 2. The quantitative estimate of drug-likeness (QED) is 0.895. The Morgan fingerprint density at radius 1 is 1.25 bits per heavy atom. The Morgan fingerprint density at radius 2 is 1.75 bits per heavy atom. The van der Waals surface area contributed by atoms with Crippen LogP contribution in [0.2, 0.25) is 5.02 Å². The molecule has 1 aromatic rings. The van der Waals surface area contributed by atoms with E-state index >= 15 is 0 Å². The molecule has 1 aromatic carbocycles. The smallest absolute Gasteiger partial charge is 0.297 e. The normalized spacial score (nSPS) is 11.4. The molecule has 1 N–H and O–H groups in total. The molecule has 0 spiro atoms. The minimum absolute atomic E-state index is 0.134. The standard InChI is InChI=1S/C10H11ClF2O3/c1-15-8-3-6(10(12,13)5-14)7(11)4-9(8)16-2/h3-4,14H,5H2,1-2H3. The second-order valence-corrected chi connectivity index (χ2v) is 3.46. The third-order valence-corrected chi connectivity index (χ3v) is 2.38. The molecule has 0 amide bonds. The fraction of sp³-hybridized carbons (Fsp3) is 0.400. The van der Waals surface area contributed by atoms with E-state index in [1.807, 2.05) is 0 Å². The van der Waals surface area contributed by atoms with Crippen molar-refractivity contribution in [2.75, 3.05) is 20.8 Å². The maximum Gasteiger partial charge on any atom is 0.297 e. The lowest BCUT2D eigenvalue weighted by Gasteiger charge is -2.17. The number of hydrogen-bond donors (Lipinski definition) is 1. The van der Waals surface area contributed by atoms with Gasteiger partial charge in [0.15, 0.2) is 11.5 Å². The van der Waals surface area contributed by atoms with Gasteiger partial charge < -0.3 is 14.6 Å². The van der Waals surface area contributed by atoms with Crippen molar-refractivity contribution in [3.63, 3.8) is 0 Å². The van der Waals surface area contributed by atoms with E-state index in [1.165, 1.54) is 20.3 Å². The van der Waals surface area contributed by atoms with Gasteiger partial charge >= 0.3 is 0 Å². The molecule has 6 heteroatoms. The number of ether oxygens (including phenoxy) is 2. The lowest BCUT2D eigenvalue weighted by atomic mass is 10.1. The summed E-state index contributed by atoms with van der Waals surface area (Å²) in [6.07, 6.45) is 0. The number of rotatable bonds is 4. The SMILES string of the molecule is COc1cc(Cl)c(C(F)(F)CO)cc1OC. The number of halogens is 3. The van der Waals surface area contributed by atoms with Gasteiger partial charge in [-0.3, -0.25) is 0 Å². The van der Waals surface area contributed by atoms with Gasteiger partial charge in [0.25, 0.3) is 5.92 Å². The molecule has 0 aliphatic carbocycles. The van der Waals surface area contributed by atoms with E-state index < -0.39 is 18.1 Å². The molecule has 1 rings (SSSR count). The van der Waals surface area contributed by atoms with Gasteiger partial charge in [-0.2, -0.15) is 8.78 Å². The van der Waals surface area contributed by atoms with Crippen LogP contribution in [-0.4, -0.2) is 25.9 Å². The molecule has 0 saturated carbocycles. The van der Waals surface area contributed by atoms with E-state index in [-0.39, 0.29) is 16.5 Å². The summed E-state index contributed by atoms with van der Waals surface area (Å²) in [5.74, 6) is -3.02. The van der Waals surface area contributed by atoms with Crippen molar-refractivity contribution < 1.29 is 23.4 Å². The highest BCUT2D eigenvalue weighted by Gasteiger charge is 2.34. The largest absolute Gasteiger partial charge is 0.493 e. The van der Waals surface area contributed by atoms with Crippen LogP contribution in [0.25, 0.3) is 0 Å². The zero-order valence-corrected chi connectivity index (χ0v) is 9.52. The molecule has 0 aromatic heterocycles. The maximum atomic E-state index is 13.3. The molecule has 0 unspecified atom stereocenters. The van der Waals surface area contributed by atoms with Crippen molar-refractivity contribution in [3.8, 4) is 11.5 Å². The highest BCUT2D eigenvalue weighted by atomic mass is 35.5. The number of aliphatic hydroxyl groups is 1. The molecular formula is C10H11ClF2O3. The Morgan fingerprint density at radius 3 is 2.19 bits per heavy atom. The van der Waals surface area contributed by atoms with Gasteiger partial charge in [0, 0.05) is 11.6 Å². The number of aliphatic hydroxyl groups excluding tert-OH is 1. The third kappa shape index (κ3) is 2.36. The van der Waals surface area contributed by atoms with Crippen LogP contribution in [0.1, 0.15) is 5.56 Å². The maximum absolute atomic E-state index is 13.3. The second kappa shape index (κ2) is 4.84. The lowest BCUT2D eigenvalue weighted by Crippen LogP contribution is -2.19. The van der Waals surface area contributed by atoms with E-state index in [0.29, 0.717) is 0 Å². The summed E-state index contributed by atoms with van der Waals surface area (Å²) < 4.78 is 36.3. The molecule has 16 heavy (non-hydrogen) atoms. The van der Waals surface area contributed by atoms with Crippen molar-refractivity contribution in [2.45, 2.75) is 5.92 Å². The van der Waals surface area contributed by atoms with Gasteiger partial charge in [0.2, 0.25) is 0 Å². The minimum Gasteiger partial charge on any atom is -0.493 e. The Labute approximate surface area is 96.5 Å². The van der Waals surface area contributed by atoms with Crippen LogP contribution in [0.5, 0.6) is 11.5 Å². The van der Waals surface area contributed by atoms with Crippen LogP contribution in [-0.2, 0) is 5.92 Å². The average molecular weight is 253 g/mol. The number of methoxy groups -OCH3 is 2. The van der Waals surface area contributed by atoms with Gasteiger partial charge in [-0.1, -0.05) is 11.6 Å². The third-order valence-electron chi connectivity index (χ3n) is 2.07. The van der Waals surface area contributed by atoms with Crippen molar-refractivity contribution in [2.24, 2.45) is 0 Å². The van der Waals surface area contributed by atoms with E-state index in [0.717, 1.165) is 6.07 Å². The molecule has 0 heterocycles. The second-order valence-electron chi connectivity index (χ2n) is 3.05. The lowest BCUT2D eigenvalue weighted by molar-refractivity contribution is -0.0556. The number of hydrogen-bond acceptors (Lipinski definition) is 3. The van der Waals surface area contributed by atoms with Crippen LogP contribution in [0.3, 0.4) is 0 Å². The summed E-state index contributed by atoms with van der Waals surface area (Å²) in [5.41, 5.74) is -0.491. The molecule has 0 aliphatic rings. The summed E-state index contributed by atoms with van der Waals surface area (Å²) in [6, 6.07) is 2.27. The molecule has 0 radical (unpaired) electrons. The average Bonchev–Trinajstić information content (AvgIpc) is 2.28. The van der Waals surface area contributed by atoms with E-state index in [4.69, 9.17) is 26.2 Å². The fourth-order valence-corrected chi connectivity index (χ4v) is 1.51. The first-order valence-electron chi connectivity index (χ1n) is 4.37. The first kappa shape index (κ1) is 13.0. The monoisotopic (exact) mass is 252 g/mol. The molecule has 0 atom stereocenters. The van der Waals surface area contributed by atoms with Gasteiger partial charge in [-0.05, 0) is 6.07 Å². The zero-order valence-electron chi connectivity index (χ0n) is 8.76. The van der Waals surface area contributed by atoms with Crippen LogP contribution in [0.15, 0.2) is 12.1 Å². The van der Waals surface area contributed by atoms with Crippen molar-refractivity contribution in [1.29, 1.82) is 0 Å². The van der Waals surface area contributed by atoms with E-state index in [1.54, 1.807) is 0 Å². The zero-order chi connectivity index (χ0) is 12.3. The van der Waals surface area contributed by atoms with Crippen molar-refractivity contribution in [1.82, 2.24) is 0 Å². The summed E-state index contributed by atoms with van der Waals surface area (Å²) in [4.78, 5) is 0. The predicted octanol–water partition coefficient (Wildman–Crippen LogP) is 2.44. The highest BCUT2D eigenvalue weighted by Crippen LogP contribution is 2.40. The van der Waals surface area contributed by atoms with Crippen LogP contribution in [0, 0.1) is 0 Å². The summed E-state index contributed by atoms with van der Waals surface area (Å²) in [7, 11) is 2.70. The first-order valence-corrected chi connectivity index (χ1v) is 4.74. The Bertz CT molecular complexity index is 383. The first-order chi connectivity index (χ1) is 7.46. The fourth-order valence-electron chi connectivity index (χ4n) is 1.22. The molecule has 90 valence electrons. The van der Waals surface area contributed by atoms with Gasteiger partial charge in [0.05, 0.1) is 19.2 Å². The van der Waals surface area contributed by atoms with Crippen molar-refractivity contribution >= 4 is 11.6 Å². The van der Waals surface area contributed by atoms with Crippen molar-refractivity contribution in [3.05, 3.63) is 22.7 Å². The van der Waals surface area contributed by atoms with Gasteiger partial charge in [-0.25, -0.2) is 0 Å². The Balaban J connectivity index is 3.32. The molecule has 0 bridgehead atoms. The van der Waals surface area contributed by atoms with E-state index in [2.05, 4.69) is 0 Å². The highest BCUT2D eigenvalue weighted by molar-refractivity contribution is 6.31. The number of benzene rings is 1. The van der Waals surface area contributed by atoms with E-state index in [9.17, 15) is 8.78 Å². The van der Waals surface area contributed by atoms with Crippen LogP contribution < -0.4 is 9.47 Å². The van der Waals surface area contributed by atoms with Crippen LogP contribution >= 0.6 is 11.6 Å².